The molecule has 0 atom stereocenters. The van der Waals surface area contributed by atoms with Crippen LogP contribution in [0.15, 0.2) is 84.2 Å². The van der Waals surface area contributed by atoms with Crippen LogP contribution in [0.4, 0.5) is 0 Å². The van der Waals surface area contributed by atoms with Crippen molar-refractivity contribution in [3.8, 4) is 10.7 Å². The molecule has 0 saturated heterocycles. The molecule has 2 heterocycles. The van der Waals surface area contributed by atoms with Gasteiger partial charge in [0.2, 0.25) is 0 Å². The Morgan fingerprint density at radius 3 is 2.56 bits per heavy atom. The third-order valence-electron chi connectivity index (χ3n) is 4.68. The summed E-state index contributed by atoms with van der Waals surface area (Å²) in [6.45, 7) is 0.846. The minimum Gasteiger partial charge on any atom is -0.236 e. The molecule has 0 saturated carbocycles. The maximum atomic E-state index is 3.61. The van der Waals surface area contributed by atoms with Gasteiger partial charge >= 0.3 is 0 Å². The van der Waals surface area contributed by atoms with Crippen molar-refractivity contribution < 1.29 is 4.57 Å². The van der Waals surface area contributed by atoms with Crippen molar-refractivity contribution in [3.05, 3.63) is 89.8 Å². The molecule has 0 radical (unpaired) electrons. The summed E-state index contributed by atoms with van der Waals surface area (Å²) in [5.74, 6) is 1.17. The summed E-state index contributed by atoms with van der Waals surface area (Å²) in [5, 5.41) is 4.74. The molecular formula is C22H17N2S+. The molecule has 0 aliphatic carbocycles. The zero-order valence-corrected chi connectivity index (χ0v) is 14.5. The zero-order chi connectivity index (χ0) is 16.6. The molecule has 0 aliphatic heterocycles. The first-order valence-corrected chi connectivity index (χ1v) is 9.29. The number of fused-ring (bicyclic) bond motifs is 2. The number of thiophene rings is 1. The molecule has 3 heteroatoms. The van der Waals surface area contributed by atoms with Crippen LogP contribution in [0.1, 0.15) is 5.56 Å². The summed E-state index contributed by atoms with van der Waals surface area (Å²) < 4.78 is 2.39. The maximum absolute atomic E-state index is 3.61. The maximum Gasteiger partial charge on any atom is 0.298 e. The van der Waals surface area contributed by atoms with Gasteiger partial charge in [0.25, 0.3) is 5.82 Å². The quantitative estimate of drug-likeness (QED) is 0.425. The summed E-state index contributed by atoms with van der Waals surface area (Å²) in [6.07, 6.45) is 0. The van der Waals surface area contributed by atoms with E-state index in [4.69, 9.17) is 0 Å². The van der Waals surface area contributed by atoms with Gasteiger partial charge in [-0.2, -0.15) is 0 Å². The number of nitrogens with one attached hydrogen (secondary N) is 1. The van der Waals surface area contributed by atoms with Crippen LogP contribution in [-0.4, -0.2) is 4.98 Å². The largest absolute Gasteiger partial charge is 0.298 e. The van der Waals surface area contributed by atoms with Crippen molar-refractivity contribution in [1.82, 2.24) is 4.98 Å². The highest BCUT2D eigenvalue weighted by Crippen LogP contribution is 2.25. The Morgan fingerprint density at radius 1 is 0.800 bits per heavy atom. The lowest BCUT2D eigenvalue weighted by Crippen LogP contribution is -2.35. The molecule has 2 nitrogen and oxygen atoms in total. The zero-order valence-electron chi connectivity index (χ0n) is 13.6. The second kappa shape index (κ2) is 5.87. The van der Waals surface area contributed by atoms with Crippen LogP contribution in [0.5, 0.6) is 0 Å². The number of aromatic nitrogens is 2. The third kappa shape index (κ3) is 2.44. The van der Waals surface area contributed by atoms with E-state index in [-0.39, 0.29) is 0 Å². The highest BCUT2D eigenvalue weighted by molar-refractivity contribution is 7.13. The van der Waals surface area contributed by atoms with E-state index in [1.54, 1.807) is 11.3 Å². The van der Waals surface area contributed by atoms with Crippen LogP contribution in [0, 0.1) is 0 Å². The predicted octanol–water partition coefficient (Wildman–Crippen LogP) is 5.39. The Morgan fingerprint density at radius 2 is 1.64 bits per heavy atom. The van der Waals surface area contributed by atoms with Crippen molar-refractivity contribution in [2.45, 2.75) is 6.54 Å². The highest BCUT2D eigenvalue weighted by Gasteiger charge is 2.21. The minimum atomic E-state index is 0.846. The van der Waals surface area contributed by atoms with E-state index >= 15 is 0 Å². The van der Waals surface area contributed by atoms with Crippen LogP contribution in [0.3, 0.4) is 0 Å². The molecule has 0 spiro atoms. The fraction of sp³-hybridized carbons (Fsp3) is 0.0455. The number of nitrogens with zero attached hydrogens (tertiary/aromatic N) is 1. The first-order valence-electron chi connectivity index (χ1n) is 8.41. The number of benzene rings is 3. The summed E-state index contributed by atoms with van der Waals surface area (Å²) >= 11 is 1.77. The summed E-state index contributed by atoms with van der Waals surface area (Å²) in [7, 11) is 0. The monoisotopic (exact) mass is 341 g/mol. The Bertz CT molecular complexity index is 1160. The van der Waals surface area contributed by atoms with Crippen LogP contribution in [0.25, 0.3) is 32.5 Å². The van der Waals surface area contributed by atoms with Gasteiger partial charge in [0, 0.05) is 5.56 Å². The highest BCUT2D eigenvalue weighted by atomic mass is 32.1. The lowest BCUT2D eigenvalue weighted by atomic mass is 10.0. The minimum absolute atomic E-state index is 0.846. The molecule has 1 N–H and O–H groups in total. The second-order valence-electron chi connectivity index (χ2n) is 6.19. The first-order chi connectivity index (χ1) is 12.4. The molecule has 120 valence electrons. The standard InChI is InChI=1S/C22H16N2S/c1-2-10-18-16(7-1)8-5-9-17(18)15-24-20-12-4-3-11-19(20)23-22(24)21-13-6-14-25-21/h1-14H,15H2/p+1. The van der Waals surface area contributed by atoms with Crippen molar-refractivity contribution in [2.24, 2.45) is 0 Å². The smallest absolute Gasteiger partial charge is 0.236 e. The molecule has 0 aliphatic rings. The van der Waals surface area contributed by atoms with Gasteiger partial charge in [-0.25, -0.2) is 9.55 Å². The van der Waals surface area contributed by atoms with Gasteiger partial charge in [0.15, 0.2) is 11.0 Å². The molecular weight excluding hydrogens is 324 g/mol. The lowest BCUT2D eigenvalue weighted by Gasteiger charge is -2.06. The number of rotatable bonds is 3. The van der Waals surface area contributed by atoms with E-state index < -0.39 is 0 Å². The van der Waals surface area contributed by atoms with Gasteiger partial charge in [0.1, 0.15) is 11.4 Å². The summed E-state index contributed by atoms with van der Waals surface area (Å²) in [6, 6.07) is 28.0. The Labute approximate surface area is 150 Å². The van der Waals surface area contributed by atoms with Crippen LogP contribution in [-0.2, 0) is 6.54 Å². The Balaban J connectivity index is 1.73. The van der Waals surface area contributed by atoms with E-state index in [2.05, 4.69) is 93.8 Å². The topological polar surface area (TPSA) is 19.7 Å². The molecule has 0 bridgehead atoms. The number of para-hydroxylation sites is 2. The van der Waals surface area contributed by atoms with Gasteiger partial charge in [0.05, 0.1) is 0 Å². The summed E-state index contributed by atoms with van der Waals surface area (Å²) in [4.78, 5) is 4.87. The van der Waals surface area contributed by atoms with Gasteiger partial charge in [-0.1, -0.05) is 60.7 Å². The van der Waals surface area contributed by atoms with E-state index in [1.807, 2.05) is 0 Å². The van der Waals surface area contributed by atoms with Crippen LogP contribution in [0.2, 0.25) is 0 Å². The number of hydrogen-bond acceptors (Lipinski definition) is 1. The molecule has 5 aromatic rings. The molecule has 0 amide bonds. The average molecular weight is 341 g/mol. The van der Waals surface area contributed by atoms with E-state index in [0.29, 0.717) is 0 Å². The van der Waals surface area contributed by atoms with Crippen molar-refractivity contribution in [1.29, 1.82) is 0 Å². The van der Waals surface area contributed by atoms with Crippen molar-refractivity contribution >= 4 is 33.1 Å². The first kappa shape index (κ1) is 14.4. The van der Waals surface area contributed by atoms with E-state index in [1.165, 1.54) is 38.1 Å². The fourth-order valence-electron chi connectivity index (χ4n) is 3.50. The third-order valence-corrected chi connectivity index (χ3v) is 5.56. The van der Waals surface area contributed by atoms with Crippen LogP contribution < -0.4 is 4.57 Å². The average Bonchev–Trinajstić information content (AvgIpc) is 3.30. The SMILES string of the molecule is c1csc(-c2[nH]c3ccccc3[n+]2Cc2cccc3ccccc23)c1. The molecule has 0 unspecified atom stereocenters. The Hall–Kier alpha value is -2.91. The molecule has 25 heavy (non-hydrogen) atoms. The molecule has 2 aromatic heterocycles. The molecule has 5 rings (SSSR count). The Kier molecular flexibility index (Phi) is 3.39. The van der Waals surface area contributed by atoms with Gasteiger partial charge in [-0.15, -0.1) is 11.3 Å². The molecule has 0 fully saturated rings. The van der Waals surface area contributed by atoms with Gasteiger partial charge in [-0.05, 0) is 34.4 Å². The van der Waals surface area contributed by atoms with Crippen molar-refractivity contribution in [3.63, 3.8) is 0 Å². The van der Waals surface area contributed by atoms with Gasteiger partial charge < -0.3 is 0 Å². The molecule has 3 aromatic carbocycles. The van der Waals surface area contributed by atoms with Crippen LogP contribution >= 0.6 is 11.3 Å². The fourth-order valence-corrected chi connectivity index (χ4v) is 4.24. The number of aromatic amines is 1. The summed E-state index contributed by atoms with van der Waals surface area (Å²) in [5.41, 5.74) is 3.75. The van der Waals surface area contributed by atoms with Gasteiger partial charge in [-0.3, -0.25) is 0 Å². The predicted molar refractivity (Wildman–Crippen MR) is 105 cm³/mol. The lowest BCUT2D eigenvalue weighted by molar-refractivity contribution is -0.650. The van der Waals surface area contributed by atoms with Crippen molar-refractivity contribution in [2.75, 3.05) is 0 Å². The van der Waals surface area contributed by atoms with E-state index in [0.717, 1.165) is 6.54 Å². The number of hydrogen-bond donors (Lipinski definition) is 1. The normalized spacial score (nSPS) is 11.4. The second-order valence-corrected chi connectivity index (χ2v) is 7.14. The number of imidazole rings is 1. The van der Waals surface area contributed by atoms with E-state index in [9.17, 15) is 0 Å². The number of H-pyrrole nitrogens is 1.